The van der Waals surface area contributed by atoms with Crippen LogP contribution in [0.4, 0.5) is 4.79 Å². The first-order valence-corrected chi connectivity index (χ1v) is 9.89. The fourth-order valence-corrected chi connectivity index (χ4v) is 5.15. The van der Waals surface area contributed by atoms with Gasteiger partial charge < -0.3 is 19.7 Å². The minimum absolute atomic E-state index is 0.0903. The van der Waals surface area contributed by atoms with Crippen LogP contribution in [0.1, 0.15) is 43.2 Å². The van der Waals surface area contributed by atoms with E-state index in [1.165, 1.54) is 19.3 Å². The number of nitrogens with zero attached hydrogens (tertiary/aromatic N) is 1. The van der Waals surface area contributed by atoms with Crippen LogP contribution in [0.2, 0.25) is 0 Å². The zero-order valence-corrected chi connectivity index (χ0v) is 15.9. The van der Waals surface area contributed by atoms with Crippen molar-refractivity contribution in [2.75, 3.05) is 26.9 Å². The van der Waals surface area contributed by atoms with E-state index in [0.29, 0.717) is 23.9 Å². The molecule has 2 heterocycles. The van der Waals surface area contributed by atoms with Gasteiger partial charge in [-0.25, -0.2) is 4.79 Å². The van der Waals surface area contributed by atoms with Crippen molar-refractivity contribution in [2.45, 2.75) is 51.6 Å². The summed E-state index contributed by atoms with van der Waals surface area (Å²) < 4.78 is 10.8. The second kappa shape index (κ2) is 7.10. The first-order chi connectivity index (χ1) is 12.6. The first kappa shape index (κ1) is 17.7. The maximum atomic E-state index is 12.8. The fraction of sp³-hybridized carbons (Fsp3) is 0.667. The van der Waals surface area contributed by atoms with Gasteiger partial charge in [-0.2, -0.15) is 0 Å². The first-order valence-electron chi connectivity index (χ1n) is 9.89. The van der Waals surface area contributed by atoms with Crippen molar-refractivity contribution in [3.05, 3.63) is 29.3 Å². The molecule has 5 nitrogen and oxygen atoms in total. The number of likely N-dealkylation sites (tertiary alicyclic amines) is 1. The lowest BCUT2D eigenvalue weighted by atomic mass is 9.54. The summed E-state index contributed by atoms with van der Waals surface area (Å²) in [6.07, 6.45) is 6.08. The van der Waals surface area contributed by atoms with E-state index in [9.17, 15) is 4.79 Å². The Morgan fingerprint density at radius 2 is 2.12 bits per heavy atom. The van der Waals surface area contributed by atoms with E-state index in [1.807, 2.05) is 19.1 Å². The predicted molar refractivity (Wildman–Crippen MR) is 100 cm³/mol. The van der Waals surface area contributed by atoms with Crippen LogP contribution in [0, 0.1) is 18.3 Å². The Morgan fingerprint density at radius 1 is 1.35 bits per heavy atom. The maximum absolute atomic E-state index is 12.8. The van der Waals surface area contributed by atoms with Crippen LogP contribution < -0.4 is 10.1 Å². The highest BCUT2D eigenvalue weighted by Crippen LogP contribution is 2.56. The number of carbonyl (C=O) groups is 1. The van der Waals surface area contributed by atoms with Gasteiger partial charge in [-0.05, 0) is 55.7 Å². The Morgan fingerprint density at radius 3 is 2.73 bits per heavy atom. The Bertz CT molecular complexity index is 665. The molecule has 1 spiro atoms. The number of aryl methyl sites for hydroxylation is 1. The highest BCUT2D eigenvalue weighted by molar-refractivity contribution is 5.76. The van der Waals surface area contributed by atoms with Gasteiger partial charge >= 0.3 is 6.03 Å². The molecule has 4 rings (SSSR count). The average molecular weight is 358 g/mol. The zero-order chi connectivity index (χ0) is 18.1. The van der Waals surface area contributed by atoms with Crippen molar-refractivity contribution in [1.82, 2.24) is 10.2 Å². The number of nitrogens with one attached hydrogen (secondary N) is 1. The van der Waals surface area contributed by atoms with Gasteiger partial charge in [-0.3, -0.25) is 0 Å². The van der Waals surface area contributed by atoms with Crippen molar-refractivity contribution in [2.24, 2.45) is 11.3 Å². The van der Waals surface area contributed by atoms with E-state index < -0.39 is 0 Å². The van der Waals surface area contributed by atoms with Crippen LogP contribution in [0.25, 0.3) is 0 Å². The van der Waals surface area contributed by atoms with Gasteiger partial charge in [0.1, 0.15) is 5.75 Å². The second-order valence-corrected chi connectivity index (χ2v) is 8.20. The number of ether oxygens (including phenoxy) is 2. The van der Waals surface area contributed by atoms with Crippen molar-refractivity contribution in [3.63, 3.8) is 0 Å². The number of rotatable bonds is 4. The summed E-state index contributed by atoms with van der Waals surface area (Å²) in [4.78, 5) is 14.9. The van der Waals surface area contributed by atoms with Gasteiger partial charge in [-0.15, -0.1) is 0 Å². The van der Waals surface area contributed by atoms with Crippen molar-refractivity contribution >= 4 is 6.03 Å². The fourth-order valence-electron chi connectivity index (χ4n) is 5.15. The molecular formula is C21H30N2O3. The minimum atomic E-state index is 0.0903. The molecule has 3 fully saturated rings. The van der Waals surface area contributed by atoms with Gasteiger partial charge in [0.25, 0.3) is 0 Å². The zero-order valence-electron chi connectivity index (χ0n) is 15.9. The molecule has 1 N–H and O–H groups in total. The molecule has 2 saturated heterocycles. The molecule has 1 unspecified atom stereocenters. The van der Waals surface area contributed by atoms with Crippen LogP contribution in [0.15, 0.2) is 18.2 Å². The molecule has 2 amide bonds. The molecule has 0 bridgehead atoms. The Kier molecular flexibility index (Phi) is 4.82. The van der Waals surface area contributed by atoms with E-state index >= 15 is 0 Å². The highest BCUT2D eigenvalue weighted by Gasteiger charge is 2.59. The number of urea groups is 1. The standard InChI is InChI=1S/C21H30N2O3/c1-15-12-16(4-5-18(15)25-2)13-22-20(24)23-14-21(8-3-9-21)19(23)17-6-10-26-11-7-17/h4-5,12,17,19H,3,6-11,13-14H2,1-2H3,(H,22,24). The van der Waals surface area contributed by atoms with Crippen LogP contribution in [-0.2, 0) is 11.3 Å². The van der Waals surface area contributed by atoms with Crippen LogP contribution in [0.5, 0.6) is 5.75 Å². The lowest BCUT2D eigenvalue weighted by Crippen LogP contribution is -2.72. The lowest BCUT2D eigenvalue weighted by molar-refractivity contribution is -0.137. The summed E-state index contributed by atoms with van der Waals surface area (Å²) in [6, 6.07) is 6.57. The quantitative estimate of drug-likeness (QED) is 0.896. The van der Waals surface area contributed by atoms with E-state index in [-0.39, 0.29) is 6.03 Å². The van der Waals surface area contributed by atoms with Crippen LogP contribution in [0.3, 0.4) is 0 Å². The summed E-state index contributed by atoms with van der Waals surface area (Å²) in [6.45, 7) is 5.22. The monoisotopic (exact) mass is 358 g/mol. The van der Waals surface area contributed by atoms with Gasteiger partial charge in [0.2, 0.25) is 0 Å². The van der Waals surface area contributed by atoms with Gasteiger partial charge in [0, 0.05) is 37.8 Å². The normalized spacial score (nSPS) is 24.7. The number of benzene rings is 1. The SMILES string of the molecule is COc1ccc(CNC(=O)N2CC3(CCC3)C2C2CCOCC2)cc1C. The van der Waals surface area contributed by atoms with Crippen molar-refractivity contribution in [3.8, 4) is 5.75 Å². The lowest BCUT2D eigenvalue weighted by Gasteiger charge is -2.64. The molecule has 1 aliphatic carbocycles. The molecule has 3 aliphatic rings. The van der Waals surface area contributed by atoms with E-state index in [1.54, 1.807) is 7.11 Å². The molecule has 1 aromatic rings. The molecule has 0 aromatic heterocycles. The highest BCUT2D eigenvalue weighted by atomic mass is 16.5. The Hall–Kier alpha value is -1.75. The smallest absolute Gasteiger partial charge is 0.317 e. The largest absolute Gasteiger partial charge is 0.496 e. The van der Waals surface area contributed by atoms with Crippen molar-refractivity contribution in [1.29, 1.82) is 0 Å². The maximum Gasteiger partial charge on any atom is 0.317 e. The number of amides is 2. The third-order valence-electron chi connectivity index (χ3n) is 6.67. The van der Waals surface area contributed by atoms with E-state index in [0.717, 1.165) is 49.5 Å². The number of hydrogen-bond donors (Lipinski definition) is 1. The summed E-state index contributed by atoms with van der Waals surface area (Å²) in [7, 11) is 1.68. The van der Waals surface area contributed by atoms with Gasteiger partial charge in [0.15, 0.2) is 0 Å². The summed E-state index contributed by atoms with van der Waals surface area (Å²) >= 11 is 0. The number of carbonyl (C=O) groups excluding carboxylic acids is 1. The minimum Gasteiger partial charge on any atom is -0.496 e. The summed E-state index contributed by atoms with van der Waals surface area (Å²) in [5.41, 5.74) is 2.62. The molecule has 1 atom stereocenters. The molecule has 26 heavy (non-hydrogen) atoms. The third kappa shape index (κ3) is 3.07. The van der Waals surface area contributed by atoms with Crippen LogP contribution in [-0.4, -0.2) is 43.8 Å². The predicted octanol–water partition coefficient (Wildman–Crippen LogP) is 3.49. The molecule has 1 aromatic carbocycles. The molecule has 1 saturated carbocycles. The van der Waals surface area contributed by atoms with Gasteiger partial charge in [0.05, 0.1) is 7.11 Å². The van der Waals surface area contributed by atoms with E-state index in [4.69, 9.17) is 9.47 Å². The van der Waals surface area contributed by atoms with Gasteiger partial charge in [-0.1, -0.05) is 18.6 Å². The molecule has 5 heteroatoms. The topological polar surface area (TPSA) is 50.8 Å². The number of methoxy groups -OCH3 is 1. The third-order valence-corrected chi connectivity index (χ3v) is 6.67. The average Bonchev–Trinajstić information content (AvgIpc) is 2.59. The summed E-state index contributed by atoms with van der Waals surface area (Å²) in [5.74, 6) is 1.49. The molecule has 0 radical (unpaired) electrons. The van der Waals surface area contributed by atoms with Crippen molar-refractivity contribution < 1.29 is 14.3 Å². The van der Waals surface area contributed by atoms with E-state index in [2.05, 4.69) is 16.3 Å². The molecular weight excluding hydrogens is 328 g/mol. The Labute approximate surface area is 156 Å². The second-order valence-electron chi connectivity index (χ2n) is 8.20. The molecule has 2 aliphatic heterocycles. The molecule has 142 valence electrons. The number of hydrogen-bond acceptors (Lipinski definition) is 3. The Balaban J connectivity index is 1.38. The summed E-state index contributed by atoms with van der Waals surface area (Å²) in [5, 5.41) is 3.14. The van der Waals surface area contributed by atoms with Crippen LogP contribution >= 0.6 is 0 Å².